The molecule has 6 nitrogen and oxygen atoms in total. The molecule has 0 saturated carbocycles. The highest BCUT2D eigenvalue weighted by atomic mass is 16.5. The summed E-state index contributed by atoms with van der Waals surface area (Å²) in [6.07, 6.45) is 0. The van der Waals surface area contributed by atoms with Crippen LogP contribution >= 0.6 is 0 Å². The summed E-state index contributed by atoms with van der Waals surface area (Å²) in [5.74, 6) is 6.95. The highest BCUT2D eigenvalue weighted by Crippen LogP contribution is 2.24. The van der Waals surface area contributed by atoms with Gasteiger partial charge in [-0.1, -0.05) is 0 Å². The van der Waals surface area contributed by atoms with Crippen molar-refractivity contribution >= 4 is 16.7 Å². The Labute approximate surface area is 118 Å². The fourth-order valence-electron chi connectivity index (χ4n) is 2.10. The van der Waals surface area contributed by atoms with Crippen molar-refractivity contribution < 1.29 is 9.84 Å². The van der Waals surface area contributed by atoms with Crippen molar-refractivity contribution in [3.05, 3.63) is 29.8 Å². The van der Waals surface area contributed by atoms with Crippen molar-refractivity contribution in [1.29, 1.82) is 0 Å². The molecule has 1 aromatic heterocycles. The molecule has 0 fully saturated rings. The summed E-state index contributed by atoms with van der Waals surface area (Å²) in [6.45, 7) is 1.39. The lowest BCUT2D eigenvalue weighted by atomic mass is 10.1. The van der Waals surface area contributed by atoms with E-state index in [0.717, 1.165) is 22.2 Å². The lowest BCUT2D eigenvalue weighted by Crippen LogP contribution is -2.23. The molecule has 4 N–H and O–H groups in total. The number of nitrogens with zero attached hydrogens (tertiary/aromatic N) is 2. The SMILES string of the molecule is COc1ccc2cc(CN(C)CCO)c(NN)nc2c1. The van der Waals surface area contributed by atoms with Crippen LogP contribution in [0.5, 0.6) is 5.75 Å². The average Bonchev–Trinajstić information content (AvgIpc) is 2.46. The molecule has 108 valence electrons. The van der Waals surface area contributed by atoms with Crippen LogP contribution in [-0.4, -0.2) is 42.3 Å². The van der Waals surface area contributed by atoms with E-state index in [1.807, 2.05) is 36.2 Å². The van der Waals surface area contributed by atoms with Gasteiger partial charge in [0.2, 0.25) is 0 Å². The van der Waals surface area contributed by atoms with Crippen LogP contribution in [0.25, 0.3) is 10.9 Å². The van der Waals surface area contributed by atoms with Crippen LogP contribution < -0.4 is 16.0 Å². The zero-order valence-electron chi connectivity index (χ0n) is 11.8. The number of nitrogens with one attached hydrogen (secondary N) is 1. The third-order valence-electron chi connectivity index (χ3n) is 3.16. The molecule has 0 aliphatic heterocycles. The predicted octanol–water partition coefficient (Wildman–Crippen LogP) is 0.953. The molecule has 20 heavy (non-hydrogen) atoms. The lowest BCUT2D eigenvalue weighted by Gasteiger charge is -2.17. The molecule has 0 spiro atoms. The van der Waals surface area contributed by atoms with E-state index < -0.39 is 0 Å². The molecule has 0 atom stereocenters. The van der Waals surface area contributed by atoms with Gasteiger partial charge in [0, 0.05) is 30.1 Å². The average molecular weight is 276 g/mol. The highest BCUT2D eigenvalue weighted by molar-refractivity contribution is 5.83. The standard InChI is InChI=1S/C14H20N4O2/c1-18(5-6-19)9-11-7-10-3-4-12(20-2)8-13(10)16-14(11)17-15/h3-4,7-8,19H,5-6,9,15H2,1-2H3,(H,16,17). The van der Waals surface area contributed by atoms with Crippen LogP contribution in [0.2, 0.25) is 0 Å². The van der Waals surface area contributed by atoms with Gasteiger partial charge in [-0.2, -0.15) is 0 Å². The molecular formula is C14H20N4O2. The Morgan fingerprint density at radius 1 is 1.40 bits per heavy atom. The van der Waals surface area contributed by atoms with E-state index in [0.29, 0.717) is 18.9 Å². The van der Waals surface area contributed by atoms with Gasteiger partial charge in [0.25, 0.3) is 0 Å². The molecule has 0 saturated heterocycles. The minimum absolute atomic E-state index is 0.125. The van der Waals surface area contributed by atoms with E-state index in [4.69, 9.17) is 15.7 Å². The second-order valence-corrected chi connectivity index (χ2v) is 4.66. The van der Waals surface area contributed by atoms with E-state index in [2.05, 4.69) is 10.4 Å². The normalized spacial score (nSPS) is 11.1. The highest BCUT2D eigenvalue weighted by Gasteiger charge is 2.09. The molecule has 1 aromatic carbocycles. The van der Waals surface area contributed by atoms with Gasteiger partial charge in [-0.3, -0.25) is 4.90 Å². The van der Waals surface area contributed by atoms with Crippen molar-refractivity contribution in [1.82, 2.24) is 9.88 Å². The zero-order chi connectivity index (χ0) is 14.5. The summed E-state index contributed by atoms with van der Waals surface area (Å²) in [6, 6.07) is 7.79. The summed E-state index contributed by atoms with van der Waals surface area (Å²) in [4.78, 5) is 6.52. The summed E-state index contributed by atoms with van der Waals surface area (Å²) >= 11 is 0. The summed E-state index contributed by atoms with van der Waals surface area (Å²) < 4.78 is 5.19. The van der Waals surface area contributed by atoms with Gasteiger partial charge in [-0.05, 0) is 25.2 Å². The van der Waals surface area contributed by atoms with Gasteiger partial charge >= 0.3 is 0 Å². The van der Waals surface area contributed by atoms with Gasteiger partial charge in [0.1, 0.15) is 11.6 Å². The predicted molar refractivity (Wildman–Crippen MR) is 79.5 cm³/mol. The number of likely N-dealkylation sites (N-methyl/N-ethyl adjacent to an activating group) is 1. The number of methoxy groups -OCH3 is 1. The molecule has 0 bridgehead atoms. The minimum Gasteiger partial charge on any atom is -0.497 e. The first-order chi connectivity index (χ1) is 9.67. The van der Waals surface area contributed by atoms with Gasteiger partial charge in [0.05, 0.1) is 19.2 Å². The number of anilines is 1. The molecule has 6 heteroatoms. The largest absolute Gasteiger partial charge is 0.497 e. The number of aromatic nitrogens is 1. The number of pyridine rings is 1. The maximum Gasteiger partial charge on any atom is 0.145 e. The fraction of sp³-hybridized carbons (Fsp3) is 0.357. The lowest BCUT2D eigenvalue weighted by molar-refractivity contribution is 0.217. The second-order valence-electron chi connectivity index (χ2n) is 4.66. The van der Waals surface area contributed by atoms with E-state index in [1.54, 1.807) is 7.11 Å². The Hall–Kier alpha value is -1.89. The number of aliphatic hydroxyl groups excluding tert-OH is 1. The number of aliphatic hydroxyl groups is 1. The number of nitrogens with two attached hydrogens (primary N) is 1. The molecule has 0 amide bonds. The Morgan fingerprint density at radius 3 is 2.85 bits per heavy atom. The summed E-state index contributed by atoms with van der Waals surface area (Å²) in [7, 11) is 3.57. The van der Waals surface area contributed by atoms with Crippen LogP contribution in [-0.2, 0) is 6.54 Å². The van der Waals surface area contributed by atoms with E-state index in [9.17, 15) is 0 Å². The molecule has 2 rings (SSSR count). The molecule has 0 radical (unpaired) electrons. The minimum atomic E-state index is 0.125. The monoisotopic (exact) mass is 276 g/mol. The quantitative estimate of drug-likeness (QED) is 0.538. The van der Waals surface area contributed by atoms with Crippen molar-refractivity contribution in [2.75, 3.05) is 32.7 Å². The number of hydrazine groups is 1. The van der Waals surface area contributed by atoms with Crippen LogP contribution in [0.1, 0.15) is 5.56 Å². The van der Waals surface area contributed by atoms with Crippen LogP contribution in [0.4, 0.5) is 5.82 Å². The third-order valence-corrected chi connectivity index (χ3v) is 3.16. The van der Waals surface area contributed by atoms with Crippen molar-refractivity contribution in [3.8, 4) is 5.75 Å². The maximum atomic E-state index is 8.96. The number of hydrogen-bond donors (Lipinski definition) is 3. The second kappa shape index (κ2) is 6.51. The van der Waals surface area contributed by atoms with Crippen molar-refractivity contribution in [3.63, 3.8) is 0 Å². The number of hydrogen-bond acceptors (Lipinski definition) is 6. The first-order valence-electron chi connectivity index (χ1n) is 6.41. The van der Waals surface area contributed by atoms with Gasteiger partial charge in [0.15, 0.2) is 0 Å². The summed E-state index contributed by atoms with van der Waals surface area (Å²) in [5.41, 5.74) is 4.44. The van der Waals surface area contributed by atoms with Crippen LogP contribution in [0, 0.1) is 0 Å². The Balaban J connectivity index is 2.39. The Morgan fingerprint density at radius 2 is 2.20 bits per heavy atom. The van der Waals surface area contributed by atoms with Crippen LogP contribution in [0.15, 0.2) is 24.3 Å². The Bertz CT molecular complexity index is 589. The van der Waals surface area contributed by atoms with E-state index in [1.165, 1.54) is 0 Å². The number of nitrogen functional groups attached to an aromatic ring is 1. The zero-order valence-corrected chi connectivity index (χ0v) is 11.8. The molecule has 1 heterocycles. The molecule has 0 unspecified atom stereocenters. The smallest absolute Gasteiger partial charge is 0.145 e. The van der Waals surface area contributed by atoms with Gasteiger partial charge < -0.3 is 15.3 Å². The first kappa shape index (κ1) is 14.5. The fourth-order valence-corrected chi connectivity index (χ4v) is 2.10. The van der Waals surface area contributed by atoms with Crippen LogP contribution in [0.3, 0.4) is 0 Å². The molecular weight excluding hydrogens is 256 g/mol. The van der Waals surface area contributed by atoms with Crippen molar-refractivity contribution in [2.45, 2.75) is 6.54 Å². The number of rotatable bonds is 6. The van der Waals surface area contributed by atoms with Gasteiger partial charge in [-0.15, -0.1) is 0 Å². The van der Waals surface area contributed by atoms with Gasteiger partial charge in [-0.25, -0.2) is 10.8 Å². The number of ether oxygens (including phenoxy) is 1. The summed E-state index contributed by atoms with van der Waals surface area (Å²) in [5, 5.41) is 9.98. The first-order valence-corrected chi connectivity index (χ1v) is 6.41. The van der Waals surface area contributed by atoms with E-state index in [-0.39, 0.29) is 6.61 Å². The van der Waals surface area contributed by atoms with Crippen molar-refractivity contribution in [2.24, 2.45) is 5.84 Å². The molecule has 2 aromatic rings. The number of benzene rings is 1. The maximum absolute atomic E-state index is 8.96. The number of fused-ring (bicyclic) bond motifs is 1. The third kappa shape index (κ3) is 3.16. The molecule has 0 aliphatic rings. The molecule has 0 aliphatic carbocycles. The Kier molecular flexibility index (Phi) is 4.73. The van der Waals surface area contributed by atoms with E-state index >= 15 is 0 Å². The topological polar surface area (TPSA) is 83.6 Å².